The predicted octanol–water partition coefficient (Wildman–Crippen LogP) is 1.34. The van der Waals surface area contributed by atoms with E-state index in [1.54, 1.807) is 6.20 Å². The molecule has 0 aliphatic rings. The molecule has 6 heteroatoms. The molecule has 5 nitrogen and oxygen atoms in total. The molecule has 3 N–H and O–H groups in total. The Kier molecular flexibility index (Phi) is 6.44. The molecule has 0 saturated carbocycles. The van der Waals surface area contributed by atoms with Crippen LogP contribution in [-0.2, 0) is 6.54 Å². The van der Waals surface area contributed by atoms with Crippen molar-refractivity contribution < 1.29 is 0 Å². The fourth-order valence-electron chi connectivity index (χ4n) is 1.49. The van der Waals surface area contributed by atoms with E-state index in [0.29, 0.717) is 0 Å². The maximum absolute atomic E-state index is 5.58. The lowest BCUT2D eigenvalue weighted by molar-refractivity contribution is 0.501. The first-order chi connectivity index (χ1) is 7.83. The first kappa shape index (κ1) is 13.5. The number of rotatable bonds is 8. The van der Waals surface area contributed by atoms with E-state index in [1.165, 1.54) is 6.42 Å². The SMILES string of the molecule is CCCSCC(NN)c1cnnn1CCC. The topological polar surface area (TPSA) is 68.8 Å². The van der Waals surface area contributed by atoms with Crippen molar-refractivity contribution in [2.75, 3.05) is 11.5 Å². The quantitative estimate of drug-likeness (QED) is 0.409. The molecule has 1 aromatic heterocycles. The van der Waals surface area contributed by atoms with Gasteiger partial charge >= 0.3 is 0 Å². The average molecular weight is 243 g/mol. The van der Waals surface area contributed by atoms with Gasteiger partial charge in [-0.2, -0.15) is 11.8 Å². The summed E-state index contributed by atoms with van der Waals surface area (Å²) in [6.45, 7) is 5.20. The van der Waals surface area contributed by atoms with Gasteiger partial charge in [-0.3, -0.25) is 11.3 Å². The third kappa shape index (κ3) is 3.77. The average Bonchev–Trinajstić information content (AvgIpc) is 2.73. The summed E-state index contributed by atoms with van der Waals surface area (Å²) in [6.07, 6.45) is 4.04. The van der Waals surface area contributed by atoms with Crippen LogP contribution in [0.2, 0.25) is 0 Å². The van der Waals surface area contributed by atoms with Crippen LogP contribution in [0.15, 0.2) is 6.20 Å². The van der Waals surface area contributed by atoms with Gasteiger partial charge in [0.2, 0.25) is 0 Å². The van der Waals surface area contributed by atoms with Crippen LogP contribution >= 0.6 is 11.8 Å². The van der Waals surface area contributed by atoms with Crippen LogP contribution < -0.4 is 11.3 Å². The van der Waals surface area contributed by atoms with E-state index in [-0.39, 0.29) is 6.04 Å². The molecule has 0 fully saturated rings. The van der Waals surface area contributed by atoms with Crippen molar-refractivity contribution in [3.63, 3.8) is 0 Å². The van der Waals surface area contributed by atoms with Gasteiger partial charge in [-0.25, -0.2) is 4.68 Å². The zero-order valence-electron chi connectivity index (χ0n) is 10.0. The molecule has 0 radical (unpaired) electrons. The predicted molar refractivity (Wildman–Crippen MR) is 68.0 cm³/mol. The normalized spacial score (nSPS) is 12.9. The second-order valence-electron chi connectivity index (χ2n) is 3.68. The minimum absolute atomic E-state index is 0.137. The molecule has 16 heavy (non-hydrogen) atoms. The number of nitrogens with zero attached hydrogens (tertiary/aromatic N) is 3. The summed E-state index contributed by atoms with van der Waals surface area (Å²) in [5, 5.41) is 8.01. The summed E-state index contributed by atoms with van der Waals surface area (Å²) < 4.78 is 1.93. The van der Waals surface area contributed by atoms with Crippen molar-refractivity contribution in [2.24, 2.45) is 5.84 Å². The molecular formula is C10H21N5S. The molecule has 1 aromatic rings. The summed E-state index contributed by atoms with van der Waals surface area (Å²) >= 11 is 1.90. The van der Waals surface area contributed by atoms with Crippen molar-refractivity contribution in [3.8, 4) is 0 Å². The van der Waals surface area contributed by atoms with Crippen LogP contribution in [-0.4, -0.2) is 26.5 Å². The first-order valence-corrected chi connectivity index (χ1v) is 6.91. The number of hydrazine groups is 1. The lowest BCUT2D eigenvalue weighted by Crippen LogP contribution is -2.31. The molecule has 92 valence electrons. The van der Waals surface area contributed by atoms with Crippen LogP contribution in [0.1, 0.15) is 38.4 Å². The van der Waals surface area contributed by atoms with E-state index in [9.17, 15) is 0 Å². The number of thioether (sulfide) groups is 1. The van der Waals surface area contributed by atoms with E-state index in [0.717, 1.165) is 30.2 Å². The second kappa shape index (κ2) is 7.65. The Morgan fingerprint density at radius 3 is 2.94 bits per heavy atom. The number of nitrogens with two attached hydrogens (primary N) is 1. The maximum atomic E-state index is 5.58. The van der Waals surface area contributed by atoms with Crippen molar-refractivity contribution in [3.05, 3.63) is 11.9 Å². The standard InChI is InChI=1S/C10H21N5S/c1-3-5-15-10(7-12-14-15)9(13-11)8-16-6-4-2/h7,9,13H,3-6,8,11H2,1-2H3. The highest BCUT2D eigenvalue weighted by molar-refractivity contribution is 7.99. The smallest absolute Gasteiger partial charge is 0.0778 e. The highest BCUT2D eigenvalue weighted by Crippen LogP contribution is 2.17. The number of hydrogen-bond donors (Lipinski definition) is 2. The fourth-order valence-corrected chi connectivity index (χ4v) is 2.44. The molecule has 0 aliphatic carbocycles. The summed E-state index contributed by atoms with van der Waals surface area (Å²) in [7, 11) is 0. The van der Waals surface area contributed by atoms with Gasteiger partial charge in [-0.1, -0.05) is 19.1 Å². The number of hydrogen-bond acceptors (Lipinski definition) is 5. The Bertz CT molecular complexity index is 288. The molecule has 1 unspecified atom stereocenters. The van der Waals surface area contributed by atoms with Gasteiger partial charge < -0.3 is 0 Å². The van der Waals surface area contributed by atoms with Gasteiger partial charge in [0.1, 0.15) is 0 Å². The van der Waals surface area contributed by atoms with Gasteiger partial charge in [0.15, 0.2) is 0 Å². The molecule has 0 aromatic carbocycles. The number of nitrogens with one attached hydrogen (secondary N) is 1. The summed E-state index contributed by atoms with van der Waals surface area (Å²) in [5.74, 6) is 7.70. The Balaban J connectivity index is 2.59. The zero-order valence-corrected chi connectivity index (χ0v) is 10.8. The van der Waals surface area contributed by atoms with E-state index in [1.807, 2.05) is 16.4 Å². The van der Waals surface area contributed by atoms with Crippen molar-refractivity contribution >= 4 is 11.8 Å². The molecule has 0 spiro atoms. The van der Waals surface area contributed by atoms with Crippen LogP contribution in [0.3, 0.4) is 0 Å². The molecule has 0 amide bonds. The van der Waals surface area contributed by atoms with Gasteiger partial charge in [0, 0.05) is 12.3 Å². The number of aryl methyl sites for hydroxylation is 1. The number of aromatic nitrogens is 3. The highest BCUT2D eigenvalue weighted by atomic mass is 32.2. The van der Waals surface area contributed by atoms with Crippen LogP contribution in [0.25, 0.3) is 0 Å². The summed E-state index contributed by atoms with van der Waals surface area (Å²) in [6, 6.07) is 0.137. The van der Waals surface area contributed by atoms with Crippen molar-refractivity contribution in [2.45, 2.75) is 39.3 Å². The van der Waals surface area contributed by atoms with E-state index in [2.05, 4.69) is 29.6 Å². The Morgan fingerprint density at radius 2 is 2.31 bits per heavy atom. The molecule has 0 bridgehead atoms. The van der Waals surface area contributed by atoms with Gasteiger partial charge in [0.25, 0.3) is 0 Å². The molecule has 0 saturated heterocycles. The summed E-state index contributed by atoms with van der Waals surface area (Å²) in [4.78, 5) is 0. The minimum atomic E-state index is 0.137. The second-order valence-corrected chi connectivity index (χ2v) is 4.83. The lowest BCUT2D eigenvalue weighted by atomic mass is 10.2. The largest absolute Gasteiger partial charge is 0.271 e. The monoisotopic (exact) mass is 243 g/mol. The van der Waals surface area contributed by atoms with E-state index in [4.69, 9.17) is 5.84 Å². The molecule has 1 rings (SSSR count). The van der Waals surface area contributed by atoms with Crippen molar-refractivity contribution in [1.29, 1.82) is 0 Å². The Morgan fingerprint density at radius 1 is 1.50 bits per heavy atom. The third-order valence-electron chi connectivity index (χ3n) is 2.27. The highest BCUT2D eigenvalue weighted by Gasteiger charge is 2.15. The van der Waals surface area contributed by atoms with Crippen LogP contribution in [0, 0.1) is 0 Å². The Hall–Kier alpha value is -0.590. The third-order valence-corrected chi connectivity index (χ3v) is 3.54. The molecule has 0 aliphatic heterocycles. The van der Waals surface area contributed by atoms with Crippen LogP contribution in [0.5, 0.6) is 0 Å². The maximum Gasteiger partial charge on any atom is 0.0778 e. The van der Waals surface area contributed by atoms with E-state index < -0.39 is 0 Å². The van der Waals surface area contributed by atoms with Gasteiger partial charge in [0.05, 0.1) is 17.9 Å². The van der Waals surface area contributed by atoms with Crippen LogP contribution in [0.4, 0.5) is 0 Å². The fraction of sp³-hybridized carbons (Fsp3) is 0.800. The Labute approximate surface area is 101 Å². The van der Waals surface area contributed by atoms with Gasteiger partial charge in [-0.05, 0) is 18.6 Å². The molecule has 1 atom stereocenters. The molecule has 1 heterocycles. The zero-order chi connectivity index (χ0) is 11.8. The first-order valence-electron chi connectivity index (χ1n) is 5.75. The minimum Gasteiger partial charge on any atom is -0.271 e. The molecular weight excluding hydrogens is 222 g/mol. The van der Waals surface area contributed by atoms with Gasteiger partial charge in [-0.15, -0.1) is 5.10 Å². The van der Waals surface area contributed by atoms with Crippen molar-refractivity contribution in [1.82, 2.24) is 20.4 Å². The lowest BCUT2D eigenvalue weighted by Gasteiger charge is -2.16. The van der Waals surface area contributed by atoms with E-state index >= 15 is 0 Å². The summed E-state index contributed by atoms with van der Waals surface area (Å²) in [5.41, 5.74) is 3.92.